The number of pyridine rings is 1. The lowest BCUT2D eigenvalue weighted by atomic mass is 9.94. The zero-order valence-electron chi connectivity index (χ0n) is 21.0. The average Bonchev–Trinajstić information content (AvgIpc) is 3.31. The topological polar surface area (TPSA) is 80.3 Å². The van der Waals surface area contributed by atoms with E-state index in [1.165, 1.54) is 0 Å². The molecule has 0 bridgehead atoms. The molecule has 2 aromatic heterocycles. The number of fused-ring (bicyclic) bond motifs is 1. The number of carbonyl (C=O) groups excluding carboxylic acids is 1. The van der Waals surface area contributed by atoms with E-state index in [2.05, 4.69) is 4.98 Å². The first-order valence-electron chi connectivity index (χ1n) is 12.5. The molecular weight excluding hydrogens is 452 g/mol. The van der Waals surface area contributed by atoms with Gasteiger partial charge in [0, 0.05) is 30.3 Å². The molecule has 1 amide bonds. The number of nitrogens with one attached hydrogen (secondary N) is 1. The van der Waals surface area contributed by atoms with Gasteiger partial charge in [-0.25, -0.2) is 14.8 Å². The molecule has 7 heteroatoms. The van der Waals surface area contributed by atoms with Gasteiger partial charge in [-0.15, -0.1) is 0 Å². The Balaban J connectivity index is 1.27. The van der Waals surface area contributed by atoms with Gasteiger partial charge < -0.3 is 19.4 Å². The number of piperidine rings is 1. The van der Waals surface area contributed by atoms with Gasteiger partial charge in [0.1, 0.15) is 29.3 Å². The Morgan fingerprint density at radius 1 is 1.03 bits per heavy atom. The van der Waals surface area contributed by atoms with Crippen LogP contribution < -0.4 is 4.74 Å². The summed E-state index contributed by atoms with van der Waals surface area (Å²) in [5, 5.41) is 0. The number of hydrogen-bond donors (Lipinski definition) is 1. The van der Waals surface area contributed by atoms with Gasteiger partial charge in [-0.05, 0) is 75.6 Å². The van der Waals surface area contributed by atoms with Gasteiger partial charge in [0.05, 0.1) is 0 Å². The van der Waals surface area contributed by atoms with Crippen LogP contribution in [0.1, 0.15) is 50.8 Å². The summed E-state index contributed by atoms with van der Waals surface area (Å²) in [6, 6.07) is 22.0. The molecule has 0 spiro atoms. The van der Waals surface area contributed by atoms with E-state index in [1.807, 2.05) is 87.5 Å². The molecule has 7 nitrogen and oxygen atoms in total. The molecule has 2 aromatic carbocycles. The van der Waals surface area contributed by atoms with Crippen LogP contribution in [0.25, 0.3) is 22.6 Å². The lowest BCUT2D eigenvalue weighted by Crippen LogP contribution is -2.42. The van der Waals surface area contributed by atoms with Crippen LogP contribution >= 0.6 is 0 Å². The molecule has 1 saturated heterocycles. The average molecular weight is 485 g/mol. The number of rotatable bonds is 5. The summed E-state index contributed by atoms with van der Waals surface area (Å²) >= 11 is 0. The molecule has 0 saturated carbocycles. The molecule has 186 valence electrons. The first-order valence-corrected chi connectivity index (χ1v) is 12.5. The fraction of sp³-hybridized carbons (Fsp3) is 0.345. The summed E-state index contributed by atoms with van der Waals surface area (Å²) in [4.78, 5) is 27.3. The Morgan fingerprint density at radius 2 is 1.81 bits per heavy atom. The Bertz CT molecular complexity index is 1330. The molecule has 0 aliphatic carbocycles. The third kappa shape index (κ3) is 5.67. The SMILES string of the molecule is CC(C)(C)OC(=O)N1CCCC(c2ccc3nc(-c4ccc(OCc5ccccc5)cc4)[nH]c3n2)C1. The Morgan fingerprint density at radius 3 is 2.56 bits per heavy atom. The second kappa shape index (κ2) is 10.0. The van der Waals surface area contributed by atoms with E-state index < -0.39 is 5.60 Å². The van der Waals surface area contributed by atoms with Gasteiger partial charge in [0.15, 0.2) is 5.65 Å². The van der Waals surface area contributed by atoms with Gasteiger partial charge in [-0.3, -0.25) is 0 Å². The minimum atomic E-state index is -0.500. The van der Waals surface area contributed by atoms with Crippen molar-refractivity contribution in [2.45, 2.75) is 51.7 Å². The maximum absolute atomic E-state index is 12.6. The van der Waals surface area contributed by atoms with E-state index in [0.29, 0.717) is 19.7 Å². The summed E-state index contributed by atoms with van der Waals surface area (Å²) in [6.45, 7) is 7.53. The minimum absolute atomic E-state index is 0.170. The van der Waals surface area contributed by atoms with E-state index in [4.69, 9.17) is 19.4 Å². The summed E-state index contributed by atoms with van der Waals surface area (Å²) < 4.78 is 11.5. The molecule has 1 N–H and O–H groups in total. The molecule has 1 unspecified atom stereocenters. The highest BCUT2D eigenvalue weighted by molar-refractivity contribution is 5.76. The zero-order chi connectivity index (χ0) is 25.1. The van der Waals surface area contributed by atoms with Crippen molar-refractivity contribution in [1.82, 2.24) is 19.9 Å². The highest BCUT2D eigenvalue weighted by Crippen LogP contribution is 2.29. The second-order valence-electron chi connectivity index (χ2n) is 10.3. The number of amides is 1. The number of hydrogen-bond acceptors (Lipinski definition) is 5. The number of aromatic amines is 1. The van der Waals surface area contributed by atoms with Crippen LogP contribution in [0, 0.1) is 0 Å². The molecule has 5 rings (SSSR count). The number of carbonyl (C=O) groups is 1. The fourth-order valence-electron chi connectivity index (χ4n) is 4.43. The number of benzene rings is 2. The van der Waals surface area contributed by atoms with Crippen LogP contribution in [0.4, 0.5) is 4.79 Å². The minimum Gasteiger partial charge on any atom is -0.489 e. The first kappa shape index (κ1) is 23.9. The van der Waals surface area contributed by atoms with Gasteiger partial charge in [0.2, 0.25) is 0 Å². The Hall–Kier alpha value is -3.87. The number of nitrogens with zero attached hydrogens (tertiary/aromatic N) is 3. The standard InChI is InChI=1S/C29H32N4O3/c1-29(2,3)36-28(34)33-17-7-10-22(18-33)24-15-16-25-27(30-24)32-26(31-25)21-11-13-23(14-12-21)35-19-20-8-5-4-6-9-20/h4-6,8-9,11-16,22H,7,10,17-19H2,1-3H3,(H,30,31,32). The first-order chi connectivity index (χ1) is 17.3. The molecule has 3 heterocycles. The molecule has 36 heavy (non-hydrogen) atoms. The number of aromatic nitrogens is 3. The highest BCUT2D eigenvalue weighted by atomic mass is 16.6. The van der Waals surface area contributed by atoms with Crippen LogP contribution in [0.2, 0.25) is 0 Å². The van der Waals surface area contributed by atoms with Crippen LogP contribution in [0.15, 0.2) is 66.7 Å². The maximum Gasteiger partial charge on any atom is 0.410 e. The van der Waals surface area contributed by atoms with Crippen LogP contribution in [0.3, 0.4) is 0 Å². The van der Waals surface area contributed by atoms with Crippen molar-refractivity contribution in [3.63, 3.8) is 0 Å². The van der Waals surface area contributed by atoms with Crippen LogP contribution in [0.5, 0.6) is 5.75 Å². The van der Waals surface area contributed by atoms with Crippen molar-refractivity contribution in [1.29, 1.82) is 0 Å². The quantitative estimate of drug-likeness (QED) is 0.359. The molecule has 1 aliphatic heterocycles. The predicted molar refractivity (Wildman–Crippen MR) is 140 cm³/mol. The van der Waals surface area contributed by atoms with Crippen molar-refractivity contribution in [2.75, 3.05) is 13.1 Å². The third-order valence-electron chi connectivity index (χ3n) is 6.23. The summed E-state index contributed by atoms with van der Waals surface area (Å²) in [5.41, 5.74) is 4.14. The Kier molecular flexibility index (Phi) is 6.63. The number of likely N-dealkylation sites (tertiary alicyclic amines) is 1. The van der Waals surface area contributed by atoms with E-state index >= 15 is 0 Å². The Labute approximate surface area is 211 Å². The van der Waals surface area contributed by atoms with Gasteiger partial charge in [-0.2, -0.15) is 0 Å². The highest BCUT2D eigenvalue weighted by Gasteiger charge is 2.29. The van der Waals surface area contributed by atoms with Crippen molar-refractivity contribution in [3.05, 3.63) is 78.0 Å². The maximum atomic E-state index is 12.6. The van der Waals surface area contributed by atoms with Crippen molar-refractivity contribution in [3.8, 4) is 17.1 Å². The fourth-order valence-corrected chi connectivity index (χ4v) is 4.43. The summed E-state index contributed by atoms with van der Waals surface area (Å²) in [5.74, 6) is 1.75. The van der Waals surface area contributed by atoms with Gasteiger partial charge in [0.25, 0.3) is 0 Å². The van der Waals surface area contributed by atoms with Crippen molar-refractivity contribution < 1.29 is 14.3 Å². The van der Waals surface area contributed by atoms with E-state index in [1.54, 1.807) is 4.90 Å². The predicted octanol–water partition coefficient (Wildman–Crippen LogP) is 6.32. The molecule has 1 aliphatic rings. The van der Waals surface area contributed by atoms with Crippen molar-refractivity contribution in [2.24, 2.45) is 0 Å². The second-order valence-corrected chi connectivity index (χ2v) is 10.3. The van der Waals surface area contributed by atoms with Gasteiger partial charge >= 0.3 is 6.09 Å². The van der Waals surface area contributed by atoms with Gasteiger partial charge in [-0.1, -0.05) is 30.3 Å². The lowest BCUT2D eigenvalue weighted by molar-refractivity contribution is 0.0197. The number of ether oxygens (including phenoxy) is 2. The number of imidazole rings is 1. The summed E-state index contributed by atoms with van der Waals surface area (Å²) in [6.07, 6.45) is 1.66. The van der Waals surface area contributed by atoms with Crippen LogP contribution in [-0.4, -0.2) is 44.6 Å². The van der Waals surface area contributed by atoms with Crippen molar-refractivity contribution >= 4 is 17.3 Å². The molecular formula is C29H32N4O3. The summed E-state index contributed by atoms with van der Waals surface area (Å²) in [7, 11) is 0. The zero-order valence-corrected chi connectivity index (χ0v) is 21.0. The van der Waals surface area contributed by atoms with Crippen LogP contribution in [-0.2, 0) is 11.3 Å². The van der Waals surface area contributed by atoms with E-state index in [-0.39, 0.29) is 12.0 Å². The largest absolute Gasteiger partial charge is 0.489 e. The normalized spacial score (nSPS) is 16.2. The smallest absolute Gasteiger partial charge is 0.410 e. The molecule has 1 fully saturated rings. The lowest BCUT2D eigenvalue weighted by Gasteiger charge is -2.33. The number of H-pyrrole nitrogens is 1. The third-order valence-corrected chi connectivity index (χ3v) is 6.23. The monoisotopic (exact) mass is 484 g/mol. The molecule has 0 radical (unpaired) electrons. The van der Waals surface area contributed by atoms with E-state index in [9.17, 15) is 4.79 Å². The molecule has 1 atom stereocenters. The van der Waals surface area contributed by atoms with E-state index in [0.717, 1.165) is 52.4 Å². The molecule has 4 aromatic rings.